The van der Waals surface area contributed by atoms with Crippen molar-refractivity contribution in [2.75, 3.05) is 0 Å². The van der Waals surface area contributed by atoms with Gasteiger partial charge in [-0.1, -0.05) is 67.0 Å². The zero-order valence-electron chi connectivity index (χ0n) is 23.5. The summed E-state index contributed by atoms with van der Waals surface area (Å²) in [4.78, 5) is 11.6. The lowest BCUT2D eigenvalue weighted by atomic mass is 9.35. The van der Waals surface area contributed by atoms with Gasteiger partial charge in [0, 0.05) is 0 Å². The molecule has 3 saturated carbocycles. The first-order valence-corrected chi connectivity index (χ1v) is 14.3. The molecule has 0 unspecified atom stereocenters. The van der Waals surface area contributed by atoms with E-state index in [0.717, 1.165) is 18.8 Å². The average Bonchev–Trinajstić information content (AvgIpc) is 2.73. The second-order valence-corrected chi connectivity index (χ2v) is 15.2. The summed E-state index contributed by atoms with van der Waals surface area (Å²) in [5.74, 6) is 1.71. The molecule has 0 bridgehead atoms. The summed E-state index contributed by atoms with van der Waals surface area (Å²) in [6, 6.07) is -0.747. The number of allylic oxidation sites excluding steroid dienone is 2. The minimum atomic E-state index is -0.854. The average molecular weight is 472 g/mol. The fourth-order valence-corrected chi connectivity index (χ4v) is 9.96. The highest BCUT2D eigenvalue weighted by atomic mass is 16.4. The predicted molar refractivity (Wildman–Crippen MR) is 141 cm³/mol. The molecule has 3 N–H and O–H groups in total. The smallest absolute Gasteiger partial charge is 0.320 e. The van der Waals surface area contributed by atoms with Crippen molar-refractivity contribution >= 4 is 5.97 Å². The van der Waals surface area contributed by atoms with Crippen LogP contribution in [0.3, 0.4) is 0 Å². The number of hydrogen-bond donors (Lipinski definition) is 2. The third kappa shape index (κ3) is 3.82. The Morgan fingerprint density at radius 1 is 1.06 bits per heavy atom. The van der Waals surface area contributed by atoms with Gasteiger partial charge in [-0.05, 0) is 115 Å². The molecule has 3 heteroatoms. The molecule has 0 saturated heterocycles. The normalized spacial score (nSPS) is 46.6. The molecule has 0 spiro atoms. The zero-order chi connectivity index (χ0) is 25.3. The van der Waals surface area contributed by atoms with Crippen LogP contribution in [0.1, 0.15) is 120 Å². The number of fused-ring (bicyclic) bond motifs is 5. The monoisotopic (exact) mass is 471 g/mol. The van der Waals surface area contributed by atoms with Gasteiger partial charge >= 0.3 is 5.97 Å². The van der Waals surface area contributed by atoms with E-state index >= 15 is 0 Å². The first kappa shape index (κ1) is 26.2. The van der Waals surface area contributed by atoms with Crippen molar-refractivity contribution in [3.8, 4) is 0 Å². The van der Waals surface area contributed by atoms with E-state index in [2.05, 4.69) is 61.5 Å². The lowest BCUT2D eigenvalue weighted by Gasteiger charge is -2.69. The Balaban J connectivity index is 1.74. The van der Waals surface area contributed by atoms with Crippen molar-refractivity contribution < 1.29 is 9.90 Å². The minimum Gasteiger partial charge on any atom is -0.480 e. The van der Waals surface area contributed by atoms with E-state index in [4.69, 9.17) is 5.73 Å². The molecule has 0 amide bonds. The highest BCUT2D eigenvalue weighted by Gasteiger charge is 2.65. The van der Waals surface area contributed by atoms with Crippen LogP contribution in [0.15, 0.2) is 11.6 Å². The van der Waals surface area contributed by atoms with Crippen LogP contribution in [0.4, 0.5) is 0 Å². The van der Waals surface area contributed by atoms with Gasteiger partial charge in [-0.2, -0.15) is 0 Å². The van der Waals surface area contributed by atoms with Gasteiger partial charge in [-0.3, -0.25) is 4.79 Å². The molecular weight excluding hydrogens is 418 g/mol. The number of rotatable bonds is 5. The van der Waals surface area contributed by atoms with Gasteiger partial charge in [0.1, 0.15) is 6.04 Å². The molecule has 3 fully saturated rings. The van der Waals surface area contributed by atoms with Crippen LogP contribution < -0.4 is 5.73 Å². The van der Waals surface area contributed by atoms with Gasteiger partial charge in [0.25, 0.3) is 0 Å². The molecular formula is C31H53NO2. The third-order valence-corrected chi connectivity index (χ3v) is 12.5. The second kappa shape index (κ2) is 8.35. The van der Waals surface area contributed by atoms with Gasteiger partial charge in [0.05, 0.1) is 0 Å². The number of hydrogen-bond acceptors (Lipinski definition) is 2. The molecule has 34 heavy (non-hydrogen) atoms. The van der Waals surface area contributed by atoms with Gasteiger partial charge in [0.2, 0.25) is 0 Å². The van der Waals surface area contributed by atoms with E-state index in [-0.39, 0.29) is 16.2 Å². The fraction of sp³-hybridized carbons (Fsp3) is 0.903. The predicted octanol–water partition coefficient (Wildman–Crippen LogP) is 7.84. The lowest BCUT2D eigenvalue weighted by molar-refractivity contribution is -0.156. The quantitative estimate of drug-likeness (QED) is 0.401. The molecule has 0 aromatic rings. The fourth-order valence-electron chi connectivity index (χ4n) is 9.96. The molecule has 194 valence electrons. The van der Waals surface area contributed by atoms with Gasteiger partial charge in [0.15, 0.2) is 0 Å². The summed E-state index contributed by atoms with van der Waals surface area (Å²) in [7, 11) is 0. The van der Waals surface area contributed by atoms with E-state index < -0.39 is 12.0 Å². The van der Waals surface area contributed by atoms with Crippen molar-refractivity contribution in [3.63, 3.8) is 0 Å². The highest BCUT2D eigenvalue weighted by Crippen LogP contribution is 2.74. The Labute approximate surface area is 209 Å². The number of aliphatic carboxylic acids is 1. The summed E-state index contributed by atoms with van der Waals surface area (Å²) >= 11 is 0. The van der Waals surface area contributed by atoms with Gasteiger partial charge in [-0.25, -0.2) is 0 Å². The molecule has 0 heterocycles. The molecule has 0 aromatic heterocycles. The van der Waals surface area contributed by atoms with Crippen LogP contribution in [0, 0.1) is 50.7 Å². The van der Waals surface area contributed by atoms with E-state index in [1.807, 2.05) is 0 Å². The Hall–Kier alpha value is -0.830. The van der Waals surface area contributed by atoms with Crippen LogP contribution in [-0.2, 0) is 4.79 Å². The van der Waals surface area contributed by atoms with Crippen LogP contribution in [-0.4, -0.2) is 17.1 Å². The molecule has 0 radical (unpaired) electrons. The SMILES string of the molecule is CC(C)[C@@H]1CC[C@]2(C)[C@H](CC=C3[C@@H]4CC(C)(C)CC[C@]4(C)CC[C@]32C)[C@@]1(C)CC[C@H](N)C(=O)O. The number of carbonyl (C=O) groups is 1. The summed E-state index contributed by atoms with van der Waals surface area (Å²) in [6.07, 6.45) is 14.7. The number of carboxylic acid groups (broad SMARTS) is 1. The van der Waals surface area contributed by atoms with Crippen molar-refractivity contribution in [1.29, 1.82) is 0 Å². The lowest BCUT2D eigenvalue weighted by Crippen LogP contribution is -2.61. The molecule has 3 nitrogen and oxygen atoms in total. The Morgan fingerprint density at radius 3 is 2.32 bits per heavy atom. The summed E-state index contributed by atoms with van der Waals surface area (Å²) in [5.41, 5.74) is 9.42. The van der Waals surface area contributed by atoms with Crippen LogP contribution in [0.2, 0.25) is 0 Å². The number of carboxylic acids is 1. The molecule has 0 aliphatic heterocycles. The van der Waals surface area contributed by atoms with Crippen LogP contribution >= 0.6 is 0 Å². The van der Waals surface area contributed by atoms with Crippen LogP contribution in [0.5, 0.6) is 0 Å². The molecule has 4 rings (SSSR count). The van der Waals surface area contributed by atoms with E-state index in [1.54, 1.807) is 5.57 Å². The van der Waals surface area contributed by atoms with Gasteiger partial charge < -0.3 is 10.8 Å². The molecule has 8 atom stereocenters. The Bertz CT molecular complexity index is 844. The van der Waals surface area contributed by atoms with Crippen molar-refractivity contribution in [3.05, 3.63) is 11.6 Å². The highest BCUT2D eigenvalue weighted by molar-refractivity contribution is 5.72. The minimum absolute atomic E-state index is 0.131. The largest absolute Gasteiger partial charge is 0.480 e. The summed E-state index contributed by atoms with van der Waals surface area (Å²) in [6.45, 7) is 20.1. The third-order valence-electron chi connectivity index (χ3n) is 12.5. The first-order valence-electron chi connectivity index (χ1n) is 14.3. The van der Waals surface area contributed by atoms with Crippen LogP contribution in [0.25, 0.3) is 0 Å². The molecule has 4 aliphatic rings. The number of nitrogens with two attached hydrogens (primary N) is 1. The zero-order valence-corrected chi connectivity index (χ0v) is 23.5. The standard InChI is InChI=1S/C31H53NO2/c1-20(2)21-11-14-31(8)25(29(21,6)13-12-24(32)26(33)34)10-9-22-23-19-27(3,4)15-16-28(23,5)17-18-30(22,31)7/h9,20-21,23-25H,10-19,32H2,1-8H3,(H,33,34)/t21-,23-,24-,25+,28+,29-,30+,31+/m0/s1. The van der Waals surface area contributed by atoms with E-state index in [1.165, 1.54) is 44.9 Å². The summed E-state index contributed by atoms with van der Waals surface area (Å²) in [5, 5.41) is 9.49. The van der Waals surface area contributed by atoms with E-state index in [0.29, 0.717) is 35.0 Å². The van der Waals surface area contributed by atoms with Gasteiger partial charge in [-0.15, -0.1) is 0 Å². The molecule has 0 aromatic carbocycles. The second-order valence-electron chi connectivity index (χ2n) is 15.2. The summed E-state index contributed by atoms with van der Waals surface area (Å²) < 4.78 is 0. The Kier molecular flexibility index (Phi) is 6.45. The topological polar surface area (TPSA) is 63.3 Å². The van der Waals surface area contributed by atoms with Crippen molar-refractivity contribution in [2.45, 2.75) is 126 Å². The van der Waals surface area contributed by atoms with Crippen molar-refractivity contribution in [1.82, 2.24) is 0 Å². The van der Waals surface area contributed by atoms with Crippen molar-refractivity contribution in [2.24, 2.45) is 56.5 Å². The Morgan fingerprint density at radius 2 is 1.71 bits per heavy atom. The van der Waals surface area contributed by atoms with E-state index in [9.17, 15) is 9.90 Å². The maximum atomic E-state index is 11.6. The first-order chi connectivity index (χ1) is 15.6. The maximum absolute atomic E-state index is 11.6. The maximum Gasteiger partial charge on any atom is 0.320 e. The molecule has 4 aliphatic carbocycles.